The van der Waals surface area contributed by atoms with Gasteiger partial charge in [0, 0.05) is 11.1 Å². The standard InChI is InChI=1S/C14H14O3S/c1-9(2)17-12-6-4-3-5-10(12)11-7-8-18-13(11)14(15)16/h3-9H,1-2H3,(H,15,16). The van der Waals surface area contributed by atoms with Crippen LogP contribution >= 0.6 is 11.3 Å². The molecule has 0 aliphatic rings. The van der Waals surface area contributed by atoms with Crippen molar-refractivity contribution in [2.45, 2.75) is 20.0 Å². The average molecular weight is 262 g/mol. The second kappa shape index (κ2) is 5.23. The largest absolute Gasteiger partial charge is 0.490 e. The van der Waals surface area contributed by atoms with Crippen LogP contribution in [0.2, 0.25) is 0 Å². The van der Waals surface area contributed by atoms with Gasteiger partial charge in [0.2, 0.25) is 0 Å². The van der Waals surface area contributed by atoms with Crippen LogP contribution in [0.3, 0.4) is 0 Å². The quantitative estimate of drug-likeness (QED) is 0.909. The van der Waals surface area contributed by atoms with Crippen LogP contribution in [0.25, 0.3) is 11.1 Å². The van der Waals surface area contributed by atoms with E-state index in [-0.39, 0.29) is 6.10 Å². The molecule has 1 N–H and O–H groups in total. The second-order valence-electron chi connectivity index (χ2n) is 4.13. The highest BCUT2D eigenvalue weighted by Gasteiger charge is 2.16. The third kappa shape index (κ3) is 2.54. The van der Waals surface area contributed by atoms with E-state index in [9.17, 15) is 4.79 Å². The lowest BCUT2D eigenvalue weighted by atomic mass is 10.1. The molecule has 2 rings (SSSR count). The predicted octanol–water partition coefficient (Wildman–Crippen LogP) is 3.90. The van der Waals surface area contributed by atoms with Gasteiger partial charge >= 0.3 is 5.97 Å². The average Bonchev–Trinajstić information content (AvgIpc) is 2.77. The highest BCUT2D eigenvalue weighted by Crippen LogP contribution is 2.35. The summed E-state index contributed by atoms with van der Waals surface area (Å²) in [4.78, 5) is 11.5. The zero-order valence-electron chi connectivity index (χ0n) is 10.2. The van der Waals surface area contributed by atoms with E-state index in [2.05, 4.69) is 0 Å². The van der Waals surface area contributed by atoms with Crippen LogP contribution in [0.5, 0.6) is 5.75 Å². The SMILES string of the molecule is CC(C)Oc1ccccc1-c1ccsc1C(=O)O. The summed E-state index contributed by atoms with van der Waals surface area (Å²) in [6.07, 6.45) is 0.0538. The normalized spacial score (nSPS) is 10.6. The summed E-state index contributed by atoms with van der Waals surface area (Å²) in [5, 5.41) is 10.9. The van der Waals surface area contributed by atoms with Gasteiger partial charge in [-0.15, -0.1) is 11.3 Å². The van der Waals surface area contributed by atoms with Gasteiger partial charge in [-0.1, -0.05) is 18.2 Å². The van der Waals surface area contributed by atoms with Crippen molar-refractivity contribution in [3.8, 4) is 16.9 Å². The first-order chi connectivity index (χ1) is 8.59. The zero-order valence-corrected chi connectivity index (χ0v) is 11.0. The van der Waals surface area contributed by atoms with Crippen molar-refractivity contribution in [1.29, 1.82) is 0 Å². The lowest BCUT2D eigenvalue weighted by molar-refractivity contribution is 0.0703. The minimum absolute atomic E-state index is 0.0538. The Morgan fingerprint density at radius 3 is 2.61 bits per heavy atom. The summed E-state index contributed by atoms with van der Waals surface area (Å²) in [5.74, 6) is -0.187. The predicted molar refractivity (Wildman–Crippen MR) is 72.5 cm³/mol. The summed E-state index contributed by atoms with van der Waals surface area (Å²) in [5.41, 5.74) is 1.54. The van der Waals surface area contributed by atoms with Crippen molar-refractivity contribution in [2.75, 3.05) is 0 Å². The molecule has 18 heavy (non-hydrogen) atoms. The fraction of sp³-hybridized carbons (Fsp3) is 0.214. The molecule has 1 heterocycles. The lowest BCUT2D eigenvalue weighted by Gasteiger charge is -2.13. The Labute approximate surface area is 110 Å². The molecule has 0 atom stereocenters. The van der Waals surface area contributed by atoms with E-state index < -0.39 is 5.97 Å². The van der Waals surface area contributed by atoms with Crippen LogP contribution in [-0.4, -0.2) is 17.2 Å². The van der Waals surface area contributed by atoms with Gasteiger partial charge in [0.25, 0.3) is 0 Å². The van der Waals surface area contributed by atoms with Gasteiger partial charge in [0.05, 0.1) is 6.10 Å². The molecule has 0 saturated carbocycles. The Morgan fingerprint density at radius 1 is 1.22 bits per heavy atom. The van der Waals surface area contributed by atoms with E-state index in [1.165, 1.54) is 11.3 Å². The minimum Gasteiger partial charge on any atom is -0.490 e. The smallest absolute Gasteiger partial charge is 0.346 e. The molecular weight excluding hydrogens is 248 g/mol. The number of carboxylic acid groups (broad SMARTS) is 1. The summed E-state index contributed by atoms with van der Waals surface area (Å²) in [6, 6.07) is 9.32. The van der Waals surface area contributed by atoms with Crippen LogP contribution in [0.1, 0.15) is 23.5 Å². The number of hydrogen-bond acceptors (Lipinski definition) is 3. The number of para-hydroxylation sites is 1. The number of rotatable bonds is 4. The Morgan fingerprint density at radius 2 is 1.94 bits per heavy atom. The van der Waals surface area contributed by atoms with E-state index in [0.29, 0.717) is 16.2 Å². The monoisotopic (exact) mass is 262 g/mol. The Kier molecular flexibility index (Phi) is 3.67. The maximum Gasteiger partial charge on any atom is 0.346 e. The maximum atomic E-state index is 11.2. The van der Waals surface area contributed by atoms with E-state index in [4.69, 9.17) is 9.84 Å². The lowest BCUT2D eigenvalue weighted by Crippen LogP contribution is -2.06. The number of aromatic carboxylic acids is 1. The Bertz CT molecular complexity index is 558. The van der Waals surface area contributed by atoms with E-state index in [0.717, 1.165) is 5.56 Å². The summed E-state index contributed by atoms with van der Waals surface area (Å²) < 4.78 is 5.72. The third-order valence-electron chi connectivity index (χ3n) is 2.40. The first-order valence-corrected chi connectivity index (χ1v) is 6.54. The third-order valence-corrected chi connectivity index (χ3v) is 3.30. The molecule has 2 aromatic rings. The number of thiophene rings is 1. The van der Waals surface area contributed by atoms with Gasteiger partial charge in [-0.25, -0.2) is 4.79 Å². The van der Waals surface area contributed by atoms with Crippen LogP contribution in [0.4, 0.5) is 0 Å². The number of benzene rings is 1. The fourth-order valence-corrected chi connectivity index (χ4v) is 2.48. The molecule has 0 bridgehead atoms. The molecule has 3 nitrogen and oxygen atoms in total. The number of hydrogen-bond donors (Lipinski definition) is 1. The van der Waals surface area contributed by atoms with Crippen LogP contribution < -0.4 is 4.74 Å². The zero-order chi connectivity index (χ0) is 13.1. The molecule has 0 radical (unpaired) electrons. The molecular formula is C14H14O3S. The highest BCUT2D eigenvalue weighted by atomic mass is 32.1. The van der Waals surface area contributed by atoms with E-state index in [1.807, 2.05) is 44.2 Å². The summed E-state index contributed by atoms with van der Waals surface area (Å²) in [6.45, 7) is 3.89. The van der Waals surface area contributed by atoms with Gasteiger partial charge in [-0.05, 0) is 31.4 Å². The first-order valence-electron chi connectivity index (χ1n) is 5.66. The molecule has 0 aliphatic heterocycles. The molecule has 1 aromatic carbocycles. The van der Waals surface area contributed by atoms with Gasteiger partial charge in [-0.3, -0.25) is 0 Å². The van der Waals surface area contributed by atoms with Crippen LogP contribution in [-0.2, 0) is 0 Å². The number of carbonyl (C=O) groups is 1. The van der Waals surface area contributed by atoms with Gasteiger partial charge in [-0.2, -0.15) is 0 Å². The highest BCUT2D eigenvalue weighted by molar-refractivity contribution is 7.12. The van der Waals surface area contributed by atoms with Gasteiger partial charge in [0.1, 0.15) is 10.6 Å². The molecule has 0 amide bonds. The fourth-order valence-electron chi connectivity index (χ4n) is 1.73. The van der Waals surface area contributed by atoms with Crippen molar-refractivity contribution in [1.82, 2.24) is 0 Å². The van der Waals surface area contributed by atoms with Crippen molar-refractivity contribution >= 4 is 17.3 Å². The Hall–Kier alpha value is -1.81. The van der Waals surface area contributed by atoms with Crippen LogP contribution in [0, 0.1) is 0 Å². The second-order valence-corrected chi connectivity index (χ2v) is 5.05. The minimum atomic E-state index is -0.903. The summed E-state index contributed by atoms with van der Waals surface area (Å²) >= 11 is 1.22. The molecule has 1 aromatic heterocycles. The molecule has 0 spiro atoms. The van der Waals surface area contributed by atoms with E-state index in [1.54, 1.807) is 5.38 Å². The van der Waals surface area contributed by atoms with Crippen molar-refractivity contribution < 1.29 is 14.6 Å². The molecule has 0 saturated heterocycles. The van der Waals surface area contributed by atoms with Gasteiger partial charge < -0.3 is 9.84 Å². The topological polar surface area (TPSA) is 46.5 Å². The Balaban J connectivity index is 2.50. The molecule has 0 aliphatic carbocycles. The molecule has 0 unspecified atom stereocenters. The molecule has 4 heteroatoms. The maximum absolute atomic E-state index is 11.2. The molecule has 0 fully saturated rings. The van der Waals surface area contributed by atoms with Gasteiger partial charge in [0.15, 0.2) is 0 Å². The molecule has 94 valence electrons. The van der Waals surface area contributed by atoms with Crippen LogP contribution in [0.15, 0.2) is 35.7 Å². The summed E-state index contributed by atoms with van der Waals surface area (Å²) in [7, 11) is 0. The first kappa shape index (κ1) is 12.6. The van der Waals surface area contributed by atoms with Crippen molar-refractivity contribution in [3.05, 3.63) is 40.6 Å². The number of ether oxygens (including phenoxy) is 1. The van der Waals surface area contributed by atoms with E-state index >= 15 is 0 Å². The number of carboxylic acids is 1. The van der Waals surface area contributed by atoms with Crippen molar-refractivity contribution in [2.24, 2.45) is 0 Å². The van der Waals surface area contributed by atoms with Crippen molar-refractivity contribution in [3.63, 3.8) is 0 Å².